The minimum atomic E-state index is -3.07. The smallest absolute Gasteiger partial charge is 0.212 e. The molecule has 4 nitrogen and oxygen atoms in total. The summed E-state index contributed by atoms with van der Waals surface area (Å²) >= 11 is 0. The largest absolute Gasteiger partial charge is 0.313 e. The van der Waals surface area contributed by atoms with E-state index in [1.165, 1.54) is 0 Å². The van der Waals surface area contributed by atoms with Crippen molar-refractivity contribution >= 4 is 10.0 Å². The van der Waals surface area contributed by atoms with Gasteiger partial charge in [-0.15, -0.1) is 0 Å². The van der Waals surface area contributed by atoms with Gasteiger partial charge in [-0.2, -0.15) is 0 Å². The molecule has 0 saturated carbocycles. The van der Waals surface area contributed by atoms with Crippen LogP contribution in [0, 0.1) is 5.92 Å². The van der Waals surface area contributed by atoms with E-state index >= 15 is 0 Å². The molecule has 0 spiro atoms. The van der Waals surface area contributed by atoms with Gasteiger partial charge < -0.3 is 5.32 Å². The van der Waals surface area contributed by atoms with Crippen LogP contribution >= 0.6 is 0 Å². The van der Waals surface area contributed by atoms with Crippen LogP contribution in [0.1, 0.15) is 27.7 Å². The lowest BCUT2D eigenvalue weighted by atomic mass is 10.1. The fourth-order valence-electron chi connectivity index (χ4n) is 0.949. The van der Waals surface area contributed by atoms with E-state index in [2.05, 4.69) is 30.8 Å². The summed E-state index contributed by atoms with van der Waals surface area (Å²) in [7, 11) is -3.07. The maximum absolute atomic E-state index is 11.2. The molecule has 0 aliphatic rings. The molecule has 0 aromatic carbocycles. The lowest BCUT2D eigenvalue weighted by molar-refractivity contribution is 0.436. The minimum Gasteiger partial charge on any atom is -0.313 e. The molecule has 0 aliphatic carbocycles. The molecule has 0 aromatic heterocycles. The highest BCUT2D eigenvalue weighted by atomic mass is 32.2. The van der Waals surface area contributed by atoms with Crippen LogP contribution < -0.4 is 10.0 Å². The topological polar surface area (TPSA) is 58.2 Å². The van der Waals surface area contributed by atoms with E-state index in [1.807, 2.05) is 0 Å². The van der Waals surface area contributed by atoms with Gasteiger partial charge in [0.05, 0.1) is 5.75 Å². The molecule has 1 atom stereocenters. The van der Waals surface area contributed by atoms with E-state index in [4.69, 9.17) is 0 Å². The van der Waals surface area contributed by atoms with Gasteiger partial charge in [0.1, 0.15) is 0 Å². The van der Waals surface area contributed by atoms with Gasteiger partial charge in [0.15, 0.2) is 0 Å². The van der Waals surface area contributed by atoms with Crippen LogP contribution in [0.5, 0.6) is 0 Å². The molecule has 86 valence electrons. The highest BCUT2D eigenvalue weighted by Gasteiger charge is 2.10. The van der Waals surface area contributed by atoms with Crippen molar-refractivity contribution in [2.75, 3.05) is 18.8 Å². The Labute approximate surface area is 87.5 Å². The number of rotatable bonds is 7. The van der Waals surface area contributed by atoms with Gasteiger partial charge in [-0.1, -0.05) is 20.8 Å². The summed E-state index contributed by atoms with van der Waals surface area (Å²) in [4.78, 5) is 0. The molecule has 5 heteroatoms. The Morgan fingerprint density at radius 3 is 2.21 bits per heavy atom. The molecule has 0 saturated heterocycles. The van der Waals surface area contributed by atoms with Gasteiger partial charge in [-0.05, 0) is 12.8 Å². The SMILES string of the molecule is CCNS(=O)(=O)CCNC(C)C(C)C. The fraction of sp³-hybridized carbons (Fsp3) is 1.00. The Morgan fingerprint density at radius 1 is 1.21 bits per heavy atom. The quantitative estimate of drug-likeness (QED) is 0.662. The molecular formula is C9H22N2O2S. The predicted molar refractivity (Wildman–Crippen MR) is 59.8 cm³/mol. The standard InChI is InChI=1S/C9H22N2O2S/c1-5-11-14(12,13)7-6-10-9(4)8(2)3/h8-11H,5-7H2,1-4H3. The summed E-state index contributed by atoms with van der Waals surface area (Å²) in [6, 6.07) is 0.354. The zero-order valence-electron chi connectivity index (χ0n) is 9.50. The maximum Gasteiger partial charge on any atom is 0.212 e. The first-order valence-corrected chi connectivity index (χ1v) is 6.75. The molecule has 0 aromatic rings. The molecular weight excluding hydrogens is 200 g/mol. The van der Waals surface area contributed by atoms with Crippen LogP contribution in [0.15, 0.2) is 0 Å². The van der Waals surface area contributed by atoms with E-state index in [-0.39, 0.29) is 5.75 Å². The van der Waals surface area contributed by atoms with Crippen molar-refractivity contribution < 1.29 is 8.42 Å². The average molecular weight is 222 g/mol. The van der Waals surface area contributed by atoms with Crippen LogP contribution in [0.25, 0.3) is 0 Å². The molecule has 14 heavy (non-hydrogen) atoms. The molecule has 0 bridgehead atoms. The van der Waals surface area contributed by atoms with Crippen LogP contribution in [-0.4, -0.2) is 33.3 Å². The average Bonchev–Trinajstić information content (AvgIpc) is 2.03. The molecule has 0 fully saturated rings. The Kier molecular flexibility index (Phi) is 6.31. The Balaban J connectivity index is 3.74. The normalized spacial score (nSPS) is 14.6. The Bertz CT molecular complexity index is 237. The first-order chi connectivity index (χ1) is 6.39. The lowest BCUT2D eigenvalue weighted by Gasteiger charge is -2.17. The molecule has 2 N–H and O–H groups in total. The summed E-state index contributed by atoms with van der Waals surface area (Å²) in [5.41, 5.74) is 0. The predicted octanol–water partition coefficient (Wildman–Crippen LogP) is 0.560. The van der Waals surface area contributed by atoms with Crippen molar-refractivity contribution in [3.63, 3.8) is 0 Å². The third-order valence-corrected chi connectivity index (χ3v) is 3.67. The number of nitrogens with one attached hydrogen (secondary N) is 2. The van der Waals surface area contributed by atoms with E-state index in [1.54, 1.807) is 6.92 Å². The molecule has 0 aliphatic heterocycles. The highest BCUT2D eigenvalue weighted by Crippen LogP contribution is 1.98. The Hall–Kier alpha value is -0.130. The zero-order chi connectivity index (χ0) is 11.2. The fourth-order valence-corrected chi connectivity index (χ4v) is 1.92. The zero-order valence-corrected chi connectivity index (χ0v) is 10.3. The van der Waals surface area contributed by atoms with Crippen LogP contribution in [0.4, 0.5) is 0 Å². The van der Waals surface area contributed by atoms with Gasteiger partial charge in [0.2, 0.25) is 10.0 Å². The summed E-state index contributed by atoms with van der Waals surface area (Å²) < 4.78 is 24.9. The summed E-state index contributed by atoms with van der Waals surface area (Å²) in [5, 5.41) is 3.18. The maximum atomic E-state index is 11.2. The van der Waals surface area contributed by atoms with E-state index in [0.29, 0.717) is 25.0 Å². The first kappa shape index (κ1) is 13.9. The van der Waals surface area contributed by atoms with Crippen molar-refractivity contribution in [2.24, 2.45) is 5.92 Å². The van der Waals surface area contributed by atoms with E-state index in [9.17, 15) is 8.42 Å². The van der Waals surface area contributed by atoms with Gasteiger partial charge in [-0.25, -0.2) is 13.1 Å². The Morgan fingerprint density at radius 2 is 1.79 bits per heavy atom. The second kappa shape index (κ2) is 6.37. The molecule has 0 heterocycles. The van der Waals surface area contributed by atoms with Gasteiger partial charge in [0.25, 0.3) is 0 Å². The highest BCUT2D eigenvalue weighted by molar-refractivity contribution is 7.89. The number of hydrogen-bond acceptors (Lipinski definition) is 3. The van der Waals surface area contributed by atoms with Crippen molar-refractivity contribution in [2.45, 2.75) is 33.7 Å². The van der Waals surface area contributed by atoms with Crippen LogP contribution in [0.2, 0.25) is 0 Å². The minimum absolute atomic E-state index is 0.151. The molecule has 0 rings (SSSR count). The summed E-state index contributed by atoms with van der Waals surface area (Å²) in [6.45, 7) is 9.02. The first-order valence-electron chi connectivity index (χ1n) is 5.09. The second-order valence-corrected chi connectivity index (χ2v) is 5.73. The molecule has 0 radical (unpaired) electrons. The van der Waals surface area contributed by atoms with Crippen LogP contribution in [-0.2, 0) is 10.0 Å². The number of sulfonamides is 1. The molecule has 0 amide bonds. The van der Waals surface area contributed by atoms with Gasteiger partial charge in [-0.3, -0.25) is 0 Å². The van der Waals surface area contributed by atoms with E-state index in [0.717, 1.165) is 0 Å². The third-order valence-electron chi connectivity index (χ3n) is 2.20. The van der Waals surface area contributed by atoms with Crippen molar-refractivity contribution in [3.05, 3.63) is 0 Å². The monoisotopic (exact) mass is 222 g/mol. The molecule has 1 unspecified atom stereocenters. The third kappa shape index (κ3) is 6.34. The summed E-state index contributed by atoms with van der Waals surface area (Å²) in [5.74, 6) is 0.676. The second-order valence-electron chi connectivity index (χ2n) is 3.80. The van der Waals surface area contributed by atoms with Gasteiger partial charge >= 0.3 is 0 Å². The van der Waals surface area contributed by atoms with Crippen molar-refractivity contribution in [1.29, 1.82) is 0 Å². The van der Waals surface area contributed by atoms with E-state index < -0.39 is 10.0 Å². The number of hydrogen-bond donors (Lipinski definition) is 2. The van der Waals surface area contributed by atoms with Crippen molar-refractivity contribution in [1.82, 2.24) is 10.0 Å². The lowest BCUT2D eigenvalue weighted by Crippen LogP contribution is -2.37. The van der Waals surface area contributed by atoms with Crippen molar-refractivity contribution in [3.8, 4) is 0 Å². The van der Waals surface area contributed by atoms with Crippen LogP contribution in [0.3, 0.4) is 0 Å². The van der Waals surface area contributed by atoms with Gasteiger partial charge in [0, 0.05) is 19.1 Å². The summed E-state index contributed by atoms with van der Waals surface area (Å²) in [6.07, 6.45) is 0.